The predicted molar refractivity (Wildman–Crippen MR) is 64.2 cm³/mol. The Bertz CT molecular complexity index is 551. The number of hydrogen-bond acceptors (Lipinski definition) is 3. The molecule has 0 amide bonds. The van der Waals surface area contributed by atoms with Crippen molar-refractivity contribution in [3.8, 4) is 0 Å². The maximum absolute atomic E-state index is 13.6. The summed E-state index contributed by atoms with van der Waals surface area (Å²) < 4.78 is 37.3. The molecule has 98 valence electrons. The first kappa shape index (κ1) is 13.0. The van der Waals surface area contributed by atoms with E-state index in [1.165, 1.54) is 6.07 Å². The standard InChI is InChI=1S/C13H15F2NO2/c1-3-16-6-11-9(7-17-2)8-4-5-10(14)12(15)13(8)18-11/h4-5,16H,3,6-7H2,1-2H3. The molecule has 1 aromatic carbocycles. The zero-order valence-corrected chi connectivity index (χ0v) is 10.3. The average molecular weight is 255 g/mol. The van der Waals surface area contributed by atoms with E-state index < -0.39 is 11.6 Å². The molecule has 18 heavy (non-hydrogen) atoms. The Balaban J connectivity index is 2.55. The summed E-state index contributed by atoms with van der Waals surface area (Å²) in [7, 11) is 1.55. The summed E-state index contributed by atoms with van der Waals surface area (Å²) in [6.45, 7) is 3.49. The fraction of sp³-hybridized carbons (Fsp3) is 0.385. The third-order valence-corrected chi connectivity index (χ3v) is 2.76. The summed E-state index contributed by atoms with van der Waals surface area (Å²) in [5.74, 6) is -1.28. The maximum atomic E-state index is 13.6. The van der Waals surface area contributed by atoms with E-state index in [2.05, 4.69) is 5.32 Å². The van der Waals surface area contributed by atoms with Gasteiger partial charge in [0.25, 0.3) is 0 Å². The lowest BCUT2D eigenvalue weighted by Crippen LogP contribution is -2.12. The lowest BCUT2D eigenvalue weighted by molar-refractivity contribution is 0.183. The summed E-state index contributed by atoms with van der Waals surface area (Å²) in [4.78, 5) is 0. The molecule has 0 fully saturated rings. The minimum absolute atomic E-state index is 0.0463. The van der Waals surface area contributed by atoms with Crippen molar-refractivity contribution in [2.24, 2.45) is 0 Å². The normalized spacial score (nSPS) is 11.3. The van der Waals surface area contributed by atoms with Crippen LogP contribution in [0, 0.1) is 11.6 Å². The Morgan fingerprint density at radius 1 is 1.33 bits per heavy atom. The van der Waals surface area contributed by atoms with Gasteiger partial charge in [0, 0.05) is 18.1 Å². The number of nitrogens with one attached hydrogen (secondary N) is 1. The SMILES string of the molecule is CCNCc1oc2c(F)c(F)ccc2c1COC. The number of methoxy groups -OCH3 is 1. The van der Waals surface area contributed by atoms with Gasteiger partial charge in [-0.1, -0.05) is 6.92 Å². The van der Waals surface area contributed by atoms with Crippen LogP contribution in [-0.4, -0.2) is 13.7 Å². The van der Waals surface area contributed by atoms with Gasteiger partial charge in [0.05, 0.1) is 13.2 Å². The highest BCUT2D eigenvalue weighted by atomic mass is 19.2. The highest BCUT2D eigenvalue weighted by Crippen LogP contribution is 2.29. The molecule has 1 heterocycles. The van der Waals surface area contributed by atoms with Crippen molar-refractivity contribution < 1.29 is 17.9 Å². The van der Waals surface area contributed by atoms with E-state index in [1.54, 1.807) is 7.11 Å². The fourth-order valence-electron chi connectivity index (χ4n) is 1.89. The second kappa shape index (κ2) is 5.46. The van der Waals surface area contributed by atoms with Crippen molar-refractivity contribution in [3.05, 3.63) is 35.1 Å². The van der Waals surface area contributed by atoms with E-state index in [9.17, 15) is 8.78 Å². The molecule has 0 unspecified atom stereocenters. The lowest BCUT2D eigenvalue weighted by atomic mass is 10.1. The molecule has 2 aromatic rings. The van der Waals surface area contributed by atoms with Crippen LogP contribution < -0.4 is 5.32 Å². The van der Waals surface area contributed by atoms with Gasteiger partial charge in [0.1, 0.15) is 5.76 Å². The van der Waals surface area contributed by atoms with Crippen LogP contribution in [0.3, 0.4) is 0 Å². The van der Waals surface area contributed by atoms with Crippen LogP contribution in [0.1, 0.15) is 18.2 Å². The molecule has 0 spiro atoms. The Hall–Kier alpha value is -1.46. The number of ether oxygens (including phenoxy) is 1. The zero-order chi connectivity index (χ0) is 13.1. The van der Waals surface area contributed by atoms with Gasteiger partial charge in [0.2, 0.25) is 5.82 Å². The molecule has 5 heteroatoms. The van der Waals surface area contributed by atoms with E-state index in [0.29, 0.717) is 24.3 Å². The molecule has 0 atom stereocenters. The summed E-state index contributed by atoms with van der Waals surface area (Å²) in [6.07, 6.45) is 0. The van der Waals surface area contributed by atoms with E-state index >= 15 is 0 Å². The van der Waals surface area contributed by atoms with E-state index in [4.69, 9.17) is 9.15 Å². The smallest absolute Gasteiger partial charge is 0.201 e. The van der Waals surface area contributed by atoms with Crippen LogP contribution in [0.5, 0.6) is 0 Å². The Kier molecular flexibility index (Phi) is 3.93. The topological polar surface area (TPSA) is 34.4 Å². The van der Waals surface area contributed by atoms with Crippen LogP contribution in [0.2, 0.25) is 0 Å². The van der Waals surface area contributed by atoms with Crippen molar-refractivity contribution in [1.82, 2.24) is 5.32 Å². The molecule has 0 aliphatic rings. The van der Waals surface area contributed by atoms with Crippen LogP contribution in [0.15, 0.2) is 16.5 Å². The van der Waals surface area contributed by atoms with Gasteiger partial charge in [-0.25, -0.2) is 4.39 Å². The molecule has 0 saturated heterocycles. The molecule has 0 aliphatic carbocycles. The van der Waals surface area contributed by atoms with Crippen LogP contribution in [0.25, 0.3) is 11.0 Å². The largest absolute Gasteiger partial charge is 0.456 e. The van der Waals surface area contributed by atoms with Crippen molar-refractivity contribution in [2.45, 2.75) is 20.1 Å². The Labute approximate surface area is 104 Å². The Morgan fingerprint density at radius 3 is 2.78 bits per heavy atom. The van der Waals surface area contributed by atoms with Crippen LogP contribution in [-0.2, 0) is 17.9 Å². The first-order valence-electron chi connectivity index (χ1n) is 5.77. The second-order valence-electron chi connectivity index (χ2n) is 3.96. The molecule has 0 radical (unpaired) electrons. The number of fused-ring (bicyclic) bond motifs is 1. The second-order valence-corrected chi connectivity index (χ2v) is 3.96. The van der Waals surface area contributed by atoms with Gasteiger partial charge in [-0.3, -0.25) is 0 Å². The number of halogens is 2. The van der Waals surface area contributed by atoms with E-state index in [-0.39, 0.29) is 5.58 Å². The Morgan fingerprint density at radius 2 is 2.11 bits per heavy atom. The lowest BCUT2D eigenvalue weighted by Gasteiger charge is -2.02. The van der Waals surface area contributed by atoms with Gasteiger partial charge >= 0.3 is 0 Å². The van der Waals surface area contributed by atoms with Crippen molar-refractivity contribution >= 4 is 11.0 Å². The third-order valence-electron chi connectivity index (χ3n) is 2.76. The summed E-state index contributed by atoms with van der Waals surface area (Å²) >= 11 is 0. The molecule has 0 saturated carbocycles. The monoisotopic (exact) mass is 255 g/mol. The highest BCUT2D eigenvalue weighted by molar-refractivity contribution is 5.82. The number of furan rings is 1. The summed E-state index contributed by atoms with van der Waals surface area (Å²) in [5.41, 5.74) is 0.710. The number of rotatable bonds is 5. The molecular weight excluding hydrogens is 240 g/mol. The molecule has 0 aliphatic heterocycles. The van der Waals surface area contributed by atoms with Gasteiger partial charge in [-0.2, -0.15) is 4.39 Å². The minimum Gasteiger partial charge on any atom is -0.456 e. The van der Waals surface area contributed by atoms with Crippen molar-refractivity contribution in [2.75, 3.05) is 13.7 Å². The quantitative estimate of drug-likeness (QED) is 0.892. The predicted octanol–water partition coefficient (Wildman–Crippen LogP) is 2.97. The highest BCUT2D eigenvalue weighted by Gasteiger charge is 2.18. The van der Waals surface area contributed by atoms with Crippen LogP contribution >= 0.6 is 0 Å². The first-order chi connectivity index (χ1) is 8.69. The van der Waals surface area contributed by atoms with Crippen LogP contribution in [0.4, 0.5) is 8.78 Å². The van der Waals surface area contributed by atoms with Crippen molar-refractivity contribution in [3.63, 3.8) is 0 Å². The van der Waals surface area contributed by atoms with Gasteiger partial charge in [-0.15, -0.1) is 0 Å². The van der Waals surface area contributed by atoms with Gasteiger partial charge in [0.15, 0.2) is 11.4 Å². The van der Waals surface area contributed by atoms with Gasteiger partial charge < -0.3 is 14.5 Å². The molecule has 1 N–H and O–H groups in total. The van der Waals surface area contributed by atoms with Gasteiger partial charge in [-0.05, 0) is 18.7 Å². The van der Waals surface area contributed by atoms with E-state index in [0.717, 1.165) is 18.2 Å². The summed E-state index contributed by atoms with van der Waals surface area (Å²) in [5, 5.41) is 3.65. The average Bonchev–Trinajstić information content (AvgIpc) is 2.71. The summed E-state index contributed by atoms with van der Waals surface area (Å²) in [6, 6.07) is 2.62. The molecule has 1 aromatic heterocycles. The molecular formula is C13H15F2NO2. The maximum Gasteiger partial charge on any atom is 0.201 e. The fourth-order valence-corrected chi connectivity index (χ4v) is 1.89. The molecule has 3 nitrogen and oxygen atoms in total. The van der Waals surface area contributed by atoms with E-state index in [1.807, 2.05) is 6.92 Å². The van der Waals surface area contributed by atoms with Crippen molar-refractivity contribution in [1.29, 1.82) is 0 Å². The molecule has 2 rings (SSSR count). The third kappa shape index (κ3) is 2.23. The number of benzene rings is 1. The molecule has 0 bridgehead atoms. The number of hydrogen-bond donors (Lipinski definition) is 1. The minimum atomic E-state index is -0.951. The first-order valence-corrected chi connectivity index (χ1v) is 5.77. The zero-order valence-electron chi connectivity index (χ0n) is 10.3.